The second-order valence-electron chi connectivity index (χ2n) is 4.24. The van der Waals surface area contributed by atoms with Gasteiger partial charge in [-0.15, -0.1) is 0 Å². The first-order valence-electron chi connectivity index (χ1n) is 5.75. The topological polar surface area (TPSA) is 53.6 Å². The Morgan fingerprint density at radius 3 is 2.63 bits per heavy atom. The van der Waals surface area contributed by atoms with Crippen molar-refractivity contribution in [1.29, 1.82) is 0 Å². The molecular formula is C12H13Cl2FN4. The summed E-state index contributed by atoms with van der Waals surface area (Å²) in [4.78, 5) is 4.06. The predicted molar refractivity (Wildman–Crippen MR) is 72.8 cm³/mol. The summed E-state index contributed by atoms with van der Waals surface area (Å²) in [7, 11) is 0. The van der Waals surface area contributed by atoms with Crippen molar-refractivity contribution in [2.24, 2.45) is 0 Å². The standard InChI is InChI=1S/C12H13Cl2FN4/c1-6(18-7(2)12-16-5-17-19-12)10-8(13)3-4-9(15)11(10)14/h3-7,18H,1-2H3,(H,16,17,19). The van der Waals surface area contributed by atoms with Gasteiger partial charge < -0.3 is 5.32 Å². The summed E-state index contributed by atoms with van der Waals surface area (Å²) in [6.07, 6.45) is 1.43. The highest BCUT2D eigenvalue weighted by Crippen LogP contribution is 2.33. The van der Waals surface area contributed by atoms with E-state index in [0.717, 1.165) is 0 Å². The fraction of sp³-hybridized carbons (Fsp3) is 0.333. The second-order valence-corrected chi connectivity index (χ2v) is 5.02. The Hall–Kier alpha value is -1.17. The van der Waals surface area contributed by atoms with Crippen molar-refractivity contribution in [3.05, 3.63) is 45.7 Å². The highest BCUT2D eigenvalue weighted by Gasteiger charge is 2.19. The molecule has 0 radical (unpaired) electrons. The maximum Gasteiger partial charge on any atom is 0.142 e. The first kappa shape index (κ1) is 14.2. The molecule has 2 atom stereocenters. The van der Waals surface area contributed by atoms with Crippen LogP contribution in [0.4, 0.5) is 4.39 Å². The number of nitrogens with one attached hydrogen (secondary N) is 2. The molecule has 2 N–H and O–H groups in total. The molecule has 2 aromatic rings. The summed E-state index contributed by atoms with van der Waals surface area (Å²) in [5.74, 6) is 0.206. The van der Waals surface area contributed by atoms with Gasteiger partial charge >= 0.3 is 0 Å². The van der Waals surface area contributed by atoms with E-state index in [1.165, 1.54) is 18.5 Å². The molecule has 0 spiro atoms. The van der Waals surface area contributed by atoms with Crippen LogP contribution in [-0.2, 0) is 0 Å². The van der Waals surface area contributed by atoms with Crippen molar-refractivity contribution < 1.29 is 4.39 Å². The number of aromatic nitrogens is 3. The van der Waals surface area contributed by atoms with Gasteiger partial charge in [0, 0.05) is 16.6 Å². The molecule has 0 saturated carbocycles. The van der Waals surface area contributed by atoms with Crippen LogP contribution in [0.3, 0.4) is 0 Å². The van der Waals surface area contributed by atoms with Crippen LogP contribution in [-0.4, -0.2) is 15.2 Å². The van der Waals surface area contributed by atoms with Crippen LogP contribution in [0.15, 0.2) is 18.5 Å². The molecule has 2 unspecified atom stereocenters. The van der Waals surface area contributed by atoms with E-state index in [1.807, 2.05) is 13.8 Å². The molecule has 102 valence electrons. The first-order chi connectivity index (χ1) is 9.00. The molecule has 7 heteroatoms. The van der Waals surface area contributed by atoms with Crippen molar-refractivity contribution in [2.45, 2.75) is 25.9 Å². The lowest BCUT2D eigenvalue weighted by Gasteiger charge is -2.21. The Labute approximate surface area is 120 Å². The monoisotopic (exact) mass is 302 g/mol. The molecule has 2 rings (SSSR count). The fourth-order valence-electron chi connectivity index (χ4n) is 1.90. The highest BCUT2D eigenvalue weighted by molar-refractivity contribution is 6.36. The number of nitrogens with zero attached hydrogens (tertiary/aromatic N) is 2. The second kappa shape index (κ2) is 5.86. The SMILES string of the molecule is CC(NC(C)c1c(Cl)ccc(F)c1Cl)c1ncn[nH]1. The van der Waals surface area contributed by atoms with E-state index in [4.69, 9.17) is 23.2 Å². The predicted octanol–water partition coefficient (Wildman–Crippen LogP) is 3.66. The third kappa shape index (κ3) is 3.05. The van der Waals surface area contributed by atoms with E-state index in [-0.39, 0.29) is 17.1 Å². The van der Waals surface area contributed by atoms with Crippen LogP contribution in [0.25, 0.3) is 0 Å². The summed E-state index contributed by atoms with van der Waals surface area (Å²) in [6, 6.07) is 2.43. The van der Waals surface area contributed by atoms with Gasteiger partial charge in [-0.1, -0.05) is 23.2 Å². The van der Waals surface area contributed by atoms with Gasteiger partial charge in [-0.3, -0.25) is 5.10 Å². The van der Waals surface area contributed by atoms with Crippen molar-refractivity contribution in [3.8, 4) is 0 Å². The fourth-order valence-corrected chi connectivity index (χ4v) is 2.60. The molecule has 0 aliphatic carbocycles. The first-order valence-corrected chi connectivity index (χ1v) is 6.51. The largest absolute Gasteiger partial charge is 0.301 e. The van der Waals surface area contributed by atoms with Gasteiger partial charge in [0.1, 0.15) is 18.0 Å². The van der Waals surface area contributed by atoms with Crippen molar-refractivity contribution in [1.82, 2.24) is 20.5 Å². The summed E-state index contributed by atoms with van der Waals surface area (Å²) in [5.41, 5.74) is 0.537. The zero-order valence-electron chi connectivity index (χ0n) is 10.4. The number of halogens is 3. The van der Waals surface area contributed by atoms with Crippen molar-refractivity contribution in [2.75, 3.05) is 0 Å². The van der Waals surface area contributed by atoms with E-state index in [2.05, 4.69) is 20.5 Å². The van der Waals surface area contributed by atoms with Gasteiger partial charge in [0.25, 0.3) is 0 Å². The Kier molecular flexibility index (Phi) is 4.39. The number of rotatable bonds is 4. The van der Waals surface area contributed by atoms with Gasteiger partial charge in [-0.2, -0.15) is 5.10 Å². The van der Waals surface area contributed by atoms with Crippen LogP contribution in [0.2, 0.25) is 10.0 Å². The van der Waals surface area contributed by atoms with E-state index < -0.39 is 5.82 Å². The van der Waals surface area contributed by atoms with Gasteiger partial charge in [0.2, 0.25) is 0 Å². The summed E-state index contributed by atoms with van der Waals surface area (Å²) in [6.45, 7) is 3.78. The third-order valence-electron chi connectivity index (χ3n) is 2.86. The lowest BCUT2D eigenvalue weighted by Crippen LogP contribution is -2.24. The quantitative estimate of drug-likeness (QED) is 0.847. The van der Waals surface area contributed by atoms with Crippen molar-refractivity contribution >= 4 is 23.2 Å². The number of hydrogen-bond acceptors (Lipinski definition) is 3. The summed E-state index contributed by atoms with van der Waals surface area (Å²) < 4.78 is 13.5. The Morgan fingerprint density at radius 2 is 2.00 bits per heavy atom. The Balaban J connectivity index is 2.21. The van der Waals surface area contributed by atoms with Gasteiger partial charge in [-0.25, -0.2) is 9.37 Å². The minimum Gasteiger partial charge on any atom is -0.301 e. The van der Waals surface area contributed by atoms with Crippen LogP contribution in [0.1, 0.15) is 37.3 Å². The van der Waals surface area contributed by atoms with Crippen LogP contribution in [0.5, 0.6) is 0 Å². The third-order valence-corrected chi connectivity index (χ3v) is 3.57. The molecule has 0 saturated heterocycles. The molecule has 0 fully saturated rings. The molecule has 0 bridgehead atoms. The zero-order valence-corrected chi connectivity index (χ0v) is 11.9. The van der Waals surface area contributed by atoms with E-state index in [9.17, 15) is 4.39 Å². The molecule has 4 nitrogen and oxygen atoms in total. The molecule has 1 heterocycles. The molecule has 0 aliphatic heterocycles. The normalized spacial score (nSPS) is 14.4. The maximum atomic E-state index is 13.5. The van der Waals surface area contributed by atoms with Crippen LogP contribution < -0.4 is 5.32 Å². The zero-order chi connectivity index (χ0) is 14.0. The van der Waals surface area contributed by atoms with Gasteiger partial charge in [0.15, 0.2) is 0 Å². The number of benzene rings is 1. The minimum absolute atomic E-state index is 0.0391. The molecule has 1 aromatic carbocycles. The summed E-state index contributed by atoms with van der Waals surface area (Å²) in [5, 5.41) is 10.3. The Bertz CT molecular complexity index is 559. The average molecular weight is 303 g/mol. The maximum absolute atomic E-state index is 13.5. The highest BCUT2D eigenvalue weighted by atomic mass is 35.5. The average Bonchev–Trinajstić information content (AvgIpc) is 2.88. The molecule has 0 amide bonds. The molecular weight excluding hydrogens is 290 g/mol. The van der Waals surface area contributed by atoms with E-state index in [1.54, 1.807) is 0 Å². The van der Waals surface area contributed by atoms with E-state index >= 15 is 0 Å². The number of aromatic amines is 1. The number of H-pyrrole nitrogens is 1. The molecule has 19 heavy (non-hydrogen) atoms. The van der Waals surface area contributed by atoms with Crippen molar-refractivity contribution in [3.63, 3.8) is 0 Å². The lowest BCUT2D eigenvalue weighted by molar-refractivity contribution is 0.476. The summed E-state index contributed by atoms with van der Waals surface area (Å²) >= 11 is 12.0. The Morgan fingerprint density at radius 1 is 1.26 bits per heavy atom. The minimum atomic E-state index is -0.484. The molecule has 1 aromatic heterocycles. The lowest BCUT2D eigenvalue weighted by atomic mass is 10.1. The number of hydrogen-bond donors (Lipinski definition) is 2. The van der Waals surface area contributed by atoms with E-state index in [0.29, 0.717) is 16.4 Å². The van der Waals surface area contributed by atoms with Crippen LogP contribution >= 0.6 is 23.2 Å². The van der Waals surface area contributed by atoms with Crippen LogP contribution in [0, 0.1) is 5.82 Å². The molecule has 0 aliphatic rings. The van der Waals surface area contributed by atoms with Gasteiger partial charge in [0.05, 0.1) is 11.1 Å². The van der Waals surface area contributed by atoms with Gasteiger partial charge in [-0.05, 0) is 26.0 Å². The smallest absolute Gasteiger partial charge is 0.142 e.